The van der Waals surface area contributed by atoms with Gasteiger partial charge in [0.25, 0.3) is 5.91 Å². The number of nitrogens with zero attached hydrogens (tertiary/aromatic N) is 1. The molecule has 0 atom stereocenters. The maximum absolute atomic E-state index is 11.7. The maximum atomic E-state index is 11.7. The summed E-state index contributed by atoms with van der Waals surface area (Å²) in [5.41, 5.74) is 3.62. The number of aromatic nitrogens is 1. The summed E-state index contributed by atoms with van der Waals surface area (Å²) < 4.78 is 5.69. The highest BCUT2D eigenvalue weighted by molar-refractivity contribution is 5.83. The normalized spacial score (nSPS) is 10.9. The van der Waals surface area contributed by atoms with Crippen LogP contribution < -0.4 is 10.1 Å². The van der Waals surface area contributed by atoms with Gasteiger partial charge in [-0.2, -0.15) is 0 Å². The van der Waals surface area contributed by atoms with Crippen LogP contribution in [0, 0.1) is 0 Å². The van der Waals surface area contributed by atoms with Crippen molar-refractivity contribution in [1.29, 1.82) is 0 Å². The predicted octanol–water partition coefficient (Wildman–Crippen LogP) is 3.36. The Morgan fingerprint density at radius 2 is 1.85 bits per heavy atom. The number of hydrogen-bond acceptors (Lipinski definition) is 3. The molecule has 0 aliphatic carbocycles. The van der Waals surface area contributed by atoms with Crippen LogP contribution in [0.15, 0.2) is 54.7 Å². The average molecular weight is 365 g/mol. The van der Waals surface area contributed by atoms with E-state index in [0.717, 1.165) is 37.2 Å². The molecule has 1 heterocycles. The van der Waals surface area contributed by atoms with Crippen molar-refractivity contribution in [2.24, 2.45) is 0 Å². The van der Waals surface area contributed by atoms with Gasteiger partial charge in [-0.1, -0.05) is 36.4 Å². The molecule has 0 bridgehead atoms. The number of hydrogen-bond donors (Lipinski definition) is 2. The first-order valence-corrected chi connectivity index (χ1v) is 9.31. The van der Waals surface area contributed by atoms with Gasteiger partial charge in [0.05, 0.1) is 0 Å². The summed E-state index contributed by atoms with van der Waals surface area (Å²) >= 11 is 0. The molecule has 27 heavy (non-hydrogen) atoms. The van der Waals surface area contributed by atoms with Gasteiger partial charge in [-0.3, -0.25) is 4.79 Å². The minimum Gasteiger partial charge on any atom is -0.483 e. The lowest BCUT2D eigenvalue weighted by Crippen LogP contribution is -2.27. The van der Waals surface area contributed by atoms with Crippen LogP contribution in [0.3, 0.4) is 0 Å². The fourth-order valence-electron chi connectivity index (χ4n) is 3.02. The molecule has 1 amide bonds. The number of para-hydroxylation sites is 2. The minimum absolute atomic E-state index is 0.0449. The number of benzene rings is 2. The van der Waals surface area contributed by atoms with E-state index in [0.29, 0.717) is 0 Å². The molecule has 0 aliphatic rings. The molecule has 0 unspecified atom stereocenters. The van der Waals surface area contributed by atoms with Crippen molar-refractivity contribution in [3.8, 4) is 5.75 Å². The zero-order chi connectivity index (χ0) is 19.1. The van der Waals surface area contributed by atoms with Crippen molar-refractivity contribution in [2.45, 2.75) is 19.4 Å². The third kappa shape index (κ3) is 5.11. The number of amides is 1. The fourth-order valence-corrected chi connectivity index (χ4v) is 3.02. The second-order valence-electron chi connectivity index (χ2n) is 6.82. The Hall–Kier alpha value is -2.79. The molecule has 1 aromatic heterocycles. The molecule has 2 aromatic carbocycles. The highest BCUT2D eigenvalue weighted by Crippen LogP contribution is 2.19. The van der Waals surface area contributed by atoms with Crippen LogP contribution in [-0.2, 0) is 17.8 Å². The van der Waals surface area contributed by atoms with Gasteiger partial charge in [-0.25, -0.2) is 0 Å². The first-order valence-electron chi connectivity index (χ1n) is 9.31. The first kappa shape index (κ1) is 19.0. The number of aryl methyl sites for hydroxylation is 1. The quantitative estimate of drug-likeness (QED) is 0.572. The number of H-pyrrole nitrogens is 1. The number of carbonyl (C=O) groups is 1. The highest BCUT2D eigenvalue weighted by Gasteiger charge is 2.08. The van der Waals surface area contributed by atoms with Crippen LogP contribution in [-0.4, -0.2) is 43.0 Å². The van der Waals surface area contributed by atoms with Crippen molar-refractivity contribution in [3.05, 3.63) is 65.9 Å². The van der Waals surface area contributed by atoms with Gasteiger partial charge in [0.15, 0.2) is 6.61 Å². The molecule has 2 N–H and O–H groups in total. The second-order valence-corrected chi connectivity index (χ2v) is 6.82. The summed E-state index contributed by atoms with van der Waals surface area (Å²) in [6.07, 6.45) is 4.20. The maximum Gasteiger partial charge on any atom is 0.259 e. The molecule has 3 aromatic rings. The average Bonchev–Trinajstić information content (AvgIpc) is 3.09. The molecule has 142 valence electrons. The van der Waals surface area contributed by atoms with E-state index >= 15 is 0 Å². The Morgan fingerprint density at radius 3 is 2.70 bits per heavy atom. The lowest BCUT2D eigenvalue weighted by atomic mass is 10.1. The van der Waals surface area contributed by atoms with E-state index in [1.54, 1.807) is 14.1 Å². The number of aromatic amines is 1. The summed E-state index contributed by atoms with van der Waals surface area (Å²) in [6.45, 7) is 1.70. The van der Waals surface area contributed by atoms with Crippen molar-refractivity contribution >= 4 is 16.8 Å². The first-order chi connectivity index (χ1) is 13.1. The number of rotatable bonds is 9. The molecular formula is C22H27N3O2. The van der Waals surface area contributed by atoms with Crippen LogP contribution in [0.1, 0.15) is 17.5 Å². The largest absolute Gasteiger partial charge is 0.483 e. The fraction of sp³-hybridized carbons (Fsp3) is 0.318. The number of ether oxygens (including phenoxy) is 1. The summed E-state index contributed by atoms with van der Waals surface area (Å²) in [5.74, 6) is 0.716. The monoisotopic (exact) mass is 365 g/mol. The zero-order valence-electron chi connectivity index (χ0n) is 16.0. The van der Waals surface area contributed by atoms with E-state index in [9.17, 15) is 4.79 Å². The lowest BCUT2D eigenvalue weighted by molar-refractivity contribution is -0.130. The third-order valence-corrected chi connectivity index (χ3v) is 4.61. The summed E-state index contributed by atoms with van der Waals surface area (Å²) in [6, 6.07) is 16.3. The van der Waals surface area contributed by atoms with Gasteiger partial charge in [-0.05, 0) is 37.1 Å². The molecule has 0 aliphatic heterocycles. The predicted molar refractivity (Wildman–Crippen MR) is 109 cm³/mol. The van der Waals surface area contributed by atoms with E-state index in [2.05, 4.69) is 40.8 Å². The highest BCUT2D eigenvalue weighted by atomic mass is 16.5. The third-order valence-electron chi connectivity index (χ3n) is 4.61. The van der Waals surface area contributed by atoms with E-state index in [4.69, 9.17) is 4.74 Å². The van der Waals surface area contributed by atoms with E-state index in [1.807, 2.05) is 24.3 Å². The number of nitrogens with one attached hydrogen (secondary N) is 2. The summed E-state index contributed by atoms with van der Waals surface area (Å²) in [7, 11) is 3.46. The van der Waals surface area contributed by atoms with Crippen molar-refractivity contribution in [3.63, 3.8) is 0 Å². The molecular weight excluding hydrogens is 338 g/mol. The zero-order valence-corrected chi connectivity index (χ0v) is 16.0. The number of carbonyl (C=O) groups excluding carboxylic acids is 1. The van der Waals surface area contributed by atoms with Gasteiger partial charge in [0.2, 0.25) is 0 Å². The molecule has 0 radical (unpaired) electrons. The van der Waals surface area contributed by atoms with Gasteiger partial charge >= 0.3 is 0 Å². The molecule has 5 nitrogen and oxygen atoms in total. The van der Waals surface area contributed by atoms with E-state index in [-0.39, 0.29) is 12.5 Å². The summed E-state index contributed by atoms with van der Waals surface area (Å²) in [4.78, 5) is 16.6. The Kier molecular flexibility index (Phi) is 6.49. The van der Waals surface area contributed by atoms with Gasteiger partial charge < -0.3 is 19.9 Å². The van der Waals surface area contributed by atoms with Crippen molar-refractivity contribution in [2.75, 3.05) is 27.2 Å². The number of likely N-dealkylation sites (N-methyl/N-ethyl adjacent to an activating group) is 1. The molecule has 5 heteroatoms. The Balaban J connectivity index is 1.46. The number of fused-ring (bicyclic) bond motifs is 1. The molecule has 0 fully saturated rings. The van der Waals surface area contributed by atoms with Gasteiger partial charge in [0, 0.05) is 43.3 Å². The lowest BCUT2D eigenvalue weighted by Gasteiger charge is -2.14. The molecule has 0 spiro atoms. The van der Waals surface area contributed by atoms with Crippen molar-refractivity contribution < 1.29 is 9.53 Å². The van der Waals surface area contributed by atoms with Crippen molar-refractivity contribution in [1.82, 2.24) is 15.2 Å². The second kappa shape index (κ2) is 9.24. The SMILES string of the molecule is CN(C)C(=O)COc1ccccc1CNCCCc1c[nH]c2ccccc12. The van der Waals surface area contributed by atoms with Crippen LogP contribution in [0.4, 0.5) is 0 Å². The van der Waals surface area contributed by atoms with E-state index < -0.39 is 0 Å². The van der Waals surface area contributed by atoms with Gasteiger partial charge in [0.1, 0.15) is 5.75 Å². The van der Waals surface area contributed by atoms with E-state index in [1.165, 1.54) is 21.4 Å². The van der Waals surface area contributed by atoms with Gasteiger partial charge in [-0.15, -0.1) is 0 Å². The topological polar surface area (TPSA) is 57.4 Å². The Morgan fingerprint density at radius 1 is 1.07 bits per heavy atom. The van der Waals surface area contributed by atoms with Crippen LogP contribution >= 0.6 is 0 Å². The minimum atomic E-state index is -0.0449. The molecule has 0 saturated heterocycles. The van der Waals surface area contributed by atoms with Crippen LogP contribution in [0.25, 0.3) is 10.9 Å². The standard InChI is InChI=1S/C22H27N3O2/c1-25(2)22(26)16-27-21-12-6-3-8-18(21)14-23-13-7-9-17-15-24-20-11-5-4-10-19(17)20/h3-6,8,10-12,15,23-24H,7,9,13-14,16H2,1-2H3. The smallest absolute Gasteiger partial charge is 0.259 e. The van der Waals surface area contributed by atoms with Crippen LogP contribution in [0.2, 0.25) is 0 Å². The Labute approximate surface area is 160 Å². The molecule has 0 saturated carbocycles. The Bertz CT molecular complexity index is 886. The summed E-state index contributed by atoms with van der Waals surface area (Å²) in [5, 5.41) is 4.78. The molecule has 3 rings (SSSR count). The van der Waals surface area contributed by atoms with Crippen LogP contribution in [0.5, 0.6) is 5.75 Å².